The van der Waals surface area contributed by atoms with Crippen LogP contribution in [-0.4, -0.2) is 47.0 Å². The van der Waals surface area contributed by atoms with E-state index in [1.54, 1.807) is 12.4 Å². The van der Waals surface area contributed by atoms with Gasteiger partial charge in [0.05, 0.1) is 6.20 Å². The SMILES string of the molecule is Cc1cccc(C(=O)N2C[C@H]3CC[C@H](N(C)c4cnccn4)[C@H]3C2)c1. The number of rotatable bonds is 3. The third-order valence-electron chi connectivity index (χ3n) is 5.78. The first-order valence-electron chi connectivity index (χ1n) is 8.98. The van der Waals surface area contributed by atoms with Crippen molar-refractivity contribution in [1.82, 2.24) is 14.9 Å². The summed E-state index contributed by atoms with van der Waals surface area (Å²) in [6, 6.07) is 8.33. The Bertz CT molecular complexity index is 763. The highest BCUT2D eigenvalue weighted by atomic mass is 16.2. The molecule has 3 atom stereocenters. The average Bonchev–Trinajstić information content (AvgIpc) is 3.22. The van der Waals surface area contributed by atoms with E-state index in [1.807, 2.05) is 42.3 Å². The minimum atomic E-state index is 0.166. The molecule has 1 aliphatic carbocycles. The van der Waals surface area contributed by atoms with Crippen LogP contribution in [0.25, 0.3) is 0 Å². The van der Waals surface area contributed by atoms with Crippen LogP contribution in [0.4, 0.5) is 5.82 Å². The first-order chi connectivity index (χ1) is 12.1. The molecular formula is C20H24N4O. The maximum Gasteiger partial charge on any atom is 0.253 e. The Balaban J connectivity index is 1.49. The van der Waals surface area contributed by atoms with Gasteiger partial charge in [0.25, 0.3) is 5.91 Å². The Hall–Kier alpha value is -2.43. The summed E-state index contributed by atoms with van der Waals surface area (Å²) >= 11 is 0. The highest BCUT2D eigenvalue weighted by Crippen LogP contribution is 2.41. The zero-order valence-corrected chi connectivity index (χ0v) is 14.8. The van der Waals surface area contributed by atoms with Gasteiger partial charge in [-0.3, -0.25) is 9.78 Å². The molecule has 1 aliphatic heterocycles. The van der Waals surface area contributed by atoms with Gasteiger partial charge in [0.2, 0.25) is 0 Å². The summed E-state index contributed by atoms with van der Waals surface area (Å²) in [5.41, 5.74) is 1.93. The van der Waals surface area contributed by atoms with Crippen molar-refractivity contribution in [2.75, 3.05) is 25.0 Å². The molecule has 1 saturated heterocycles. The Morgan fingerprint density at radius 2 is 2.12 bits per heavy atom. The van der Waals surface area contributed by atoms with Crippen molar-refractivity contribution in [3.05, 3.63) is 54.0 Å². The molecule has 130 valence electrons. The Morgan fingerprint density at radius 3 is 2.88 bits per heavy atom. The van der Waals surface area contributed by atoms with E-state index < -0.39 is 0 Å². The fraction of sp³-hybridized carbons (Fsp3) is 0.450. The number of aromatic nitrogens is 2. The van der Waals surface area contributed by atoms with Crippen molar-refractivity contribution in [2.24, 2.45) is 11.8 Å². The average molecular weight is 336 g/mol. The Morgan fingerprint density at radius 1 is 1.24 bits per heavy atom. The van der Waals surface area contributed by atoms with Gasteiger partial charge in [-0.25, -0.2) is 4.98 Å². The van der Waals surface area contributed by atoms with Gasteiger partial charge in [-0.15, -0.1) is 0 Å². The lowest BCUT2D eigenvalue weighted by Crippen LogP contribution is -2.39. The first-order valence-corrected chi connectivity index (χ1v) is 8.98. The minimum absolute atomic E-state index is 0.166. The molecule has 1 amide bonds. The fourth-order valence-electron chi connectivity index (χ4n) is 4.49. The van der Waals surface area contributed by atoms with Gasteiger partial charge in [0.1, 0.15) is 5.82 Å². The molecule has 2 aromatic rings. The van der Waals surface area contributed by atoms with E-state index in [0.29, 0.717) is 17.9 Å². The number of benzene rings is 1. The van der Waals surface area contributed by atoms with E-state index in [1.165, 1.54) is 6.42 Å². The summed E-state index contributed by atoms with van der Waals surface area (Å²) in [5.74, 6) is 2.19. The highest BCUT2D eigenvalue weighted by molar-refractivity contribution is 5.94. The molecule has 1 aromatic heterocycles. The molecule has 5 heteroatoms. The third kappa shape index (κ3) is 2.99. The van der Waals surface area contributed by atoms with Gasteiger partial charge >= 0.3 is 0 Å². The van der Waals surface area contributed by atoms with Crippen molar-refractivity contribution in [3.8, 4) is 0 Å². The van der Waals surface area contributed by atoms with Crippen molar-refractivity contribution in [1.29, 1.82) is 0 Å². The highest BCUT2D eigenvalue weighted by Gasteiger charge is 2.45. The number of fused-ring (bicyclic) bond motifs is 1. The van der Waals surface area contributed by atoms with Gasteiger partial charge in [-0.1, -0.05) is 17.7 Å². The zero-order chi connectivity index (χ0) is 17.4. The van der Waals surface area contributed by atoms with Crippen LogP contribution in [0.2, 0.25) is 0 Å². The second-order valence-corrected chi connectivity index (χ2v) is 7.32. The Labute approximate surface area is 148 Å². The molecule has 1 aromatic carbocycles. The van der Waals surface area contributed by atoms with Gasteiger partial charge in [-0.05, 0) is 37.8 Å². The van der Waals surface area contributed by atoms with Crippen LogP contribution >= 0.6 is 0 Å². The van der Waals surface area contributed by atoms with E-state index >= 15 is 0 Å². The van der Waals surface area contributed by atoms with Crippen molar-refractivity contribution in [2.45, 2.75) is 25.8 Å². The van der Waals surface area contributed by atoms with Crippen LogP contribution in [0.3, 0.4) is 0 Å². The van der Waals surface area contributed by atoms with Crippen molar-refractivity contribution < 1.29 is 4.79 Å². The van der Waals surface area contributed by atoms with Gasteiger partial charge in [0.15, 0.2) is 0 Å². The number of nitrogens with zero attached hydrogens (tertiary/aromatic N) is 4. The van der Waals surface area contributed by atoms with E-state index in [9.17, 15) is 4.79 Å². The van der Waals surface area contributed by atoms with Crippen LogP contribution in [-0.2, 0) is 0 Å². The summed E-state index contributed by atoms with van der Waals surface area (Å²) in [5, 5.41) is 0. The summed E-state index contributed by atoms with van der Waals surface area (Å²) < 4.78 is 0. The van der Waals surface area contributed by atoms with Crippen LogP contribution < -0.4 is 4.90 Å². The fourth-order valence-corrected chi connectivity index (χ4v) is 4.49. The third-order valence-corrected chi connectivity index (χ3v) is 5.78. The van der Waals surface area contributed by atoms with Crippen molar-refractivity contribution in [3.63, 3.8) is 0 Å². The zero-order valence-electron chi connectivity index (χ0n) is 14.8. The maximum atomic E-state index is 12.9. The van der Waals surface area contributed by atoms with Crippen LogP contribution in [0.1, 0.15) is 28.8 Å². The van der Waals surface area contributed by atoms with E-state index in [-0.39, 0.29) is 5.91 Å². The number of carbonyl (C=O) groups is 1. The number of hydrogen-bond donors (Lipinski definition) is 0. The monoisotopic (exact) mass is 336 g/mol. The lowest BCUT2D eigenvalue weighted by molar-refractivity contribution is 0.0779. The van der Waals surface area contributed by atoms with Gasteiger partial charge < -0.3 is 9.80 Å². The largest absolute Gasteiger partial charge is 0.355 e. The molecule has 5 nitrogen and oxygen atoms in total. The standard InChI is InChI=1S/C20H24N4O/c1-14-4-3-5-15(10-14)20(25)24-12-16-6-7-18(17(16)13-24)23(2)19-11-21-8-9-22-19/h3-5,8-11,16-18H,6-7,12-13H2,1-2H3/t16-,17+,18+/m1/s1. The van der Waals surface area contributed by atoms with E-state index in [2.05, 4.69) is 21.9 Å². The lowest BCUT2D eigenvalue weighted by atomic mass is 9.97. The summed E-state index contributed by atoms with van der Waals surface area (Å²) in [4.78, 5) is 25.8. The smallest absolute Gasteiger partial charge is 0.253 e. The molecule has 0 unspecified atom stereocenters. The van der Waals surface area contributed by atoms with Crippen LogP contribution in [0, 0.1) is 18.8 Å². The number of likely N-dealkylation sites (tertiary alicyclic amines) is 1. The van der Waals surface area contributed by atoms with Gasteiger partial charge in [0, 0.05) is 50.1 Å². The molecule has 25 heavy (non-hydrogen) atoms. The van der Waals surface area contributed by atoms with Crippen LogP contribution in [0.5, 0.6) is 0 Å². The molecule has 0 bridgehead atoms. The summed E-state index contributed by atoms with van der Waals surface area (Å²) in [7, 11) is 2.10. The second kappa shape index (κ2) is 6.47. The number of aryl methyl sites for hydroxylation is 1. The summed E-state index contributed by atoms with van der Waals surface area (Å²) in [6.07, 6.45) is 7.59. The predicted octanol–water partition coefficient (Wildman–Crippen LogP) is 2.77. The number of anilines is 1. The molecule has 1 saturated carbocycles. The molecule has 2 heterocycles. The molecule has 0 N–H and O–H groups in total. The molecular weight excluding hydrogens is 312 g/mol. The molecule has 0 spiro atoms. The normalized spacial score (nSPS) is 25.0. The second-order valence-electron chi connectivity index (χ2n) is 7.32. The summed E-state index contributed by atoms with van der Waals surface area (Å²) in [6.45, 7) is 3.75. The minimum Gasteiger partial charge on any atom is -0.355 e. The number of hydrogen-bond acceptors (Lipinski definition) is 4. The van der Waals surface area contributed by atoms with Crippen molar-refractivity contribution >= 4 is 11.7 Å². The topological polar surface area (TPSA) is 49.3 Å². The van der Waals surface area contributed by atoms with E-state index in [4.69, 9.17) is 0 Å². The molecule has 4 rings (SSSR count). The number of amides is 1. The quantitative estimate of drug-likeness (QED) is 0.865. The molecule has 2 aliphatic rings. The maximum absolute atomic E-state index is 12.9. The predicted molar refractivity (Wildman–Crippen MR) is 97.5 cm³/mol. The molecule has 2 fully saturated rings. The number of carbonyl (C=O) groups excluding carboxylic acids is 1. The first kappa shape index (κ1) is 16.1. The molecule has 0 radical (unpaired) electrons. The van der Waals surface area contributed by atoms with Gasteiger partial charge in [-0.2, -0.15) is 0 Å². The Kier molecular flexibility index (Phi) is 4.15. The van der Waals surface area contributed by atoms with Crippen LogP contribution in [0.15, 0.2) is 42.9 Å². The van der Waals surface area contributed by atoms with E-state index in [0.717, 1.165) is 36.5 Å². The lowest BCUT2D eigenvalue weighted by Gasteiger charge is -2.30.